The molecule has 0 unspecified atom stereocenters. The van der Waals surface area contributed by atoms with Crippen LogP contribution in [-0.4, -0.2) is 29.2 Å². The first kappa shape index (κ1) is 15.2. The van der Waals surface area contributed by atoms with Crippen molar-refractivity contribution in [3.05, 3.63) is 38.9 Å². The summed E-state index contributed by atoms with van der Waals surface area (Å²) in [5.41, 5.74) is -0.987. The molecule has 11 heteroatoms. The number of nitrogens with one attached hydrogen (secondary N) is 1. The fourth-order valence-corrected chi connectivity index (χ4v) is 1.78. The van der Waals surface area contributed by atoms with Gasteiger partial charge in [-0.25, -0.2) is 4.99 Å². The summed E-state index contributed by atoms with van der Waals surface area (Å²) in [6.45, 7) is 0.298. The molecule has 0 radical (unpaired) electrons. The van der Waals surface area contributed by atoms with Crippen molar-refractivity contribution in [2.45, 2.75) is 6.18 Å². The minimum Gasteiger partial charge on any atom is -0.323 e. The summed E-state index contributed by atoms with van der Waals surface area (Å²) in [5.74, 6) is -0.0899. The summed E-state index contributed by atoms with van der Waals surface area (Å²) >= 11 is 5.80. The quantitative estimate of drug-likeness (QED) is 0.682. The van der Waals surface area contributed by atoms with Gasteiger partial charge in [-0.05, 0) is 18.2 Å². The van der Waals surface area contributed by atoms with Crippen LogP contribution in [0.1, 0.15) is 5.56 Å². The number of benzene rings is 1. The Morgan fingerprint density at radius 1 is 1.48 bits per heavy atom. The van der Waals surface area contributed by atoms with Crippen LogP contribution in [0.25, 0.3) is 0 Å². The lowest BCUT2D eigenvalue weighted by Gasteiger charge is -2.18. The zero-order valence-electron chi connectivity index (χ0n) is 10.2. The highest BCUT2D eigenvalue weighted by molar-refractivity contribution is 6.33. The van der Waals surface area contributed by atoms with E-state index < -0.39 is 16.8 Å². The van der Waals surface area contributed by atoms with Gasteiger partial charge in [-0.15, -0.1) is 10.1 Å². The van der Waals surface area contributed by atoms with Gasteiger partial charge in [-0.3, -0.25) is 0 Å². The standard InChI is InChI=1S/C10H8ClF3N4O3/c11-7-2-1-6(10(12,13)14)5-8(7)16-9-15-3-4-17(9)21-18(19)20/h1-2,5H,3-4H2,(H,15,16). The molecule has 0 bridgehead atoms. The number of nitrogens with zero attached hydrogens (tertiary/aromatic N) is 3. The van der Waals surface area contributed by atoms with Crippen molar-refractivity contribution >= 4 is 23.2 Å². The maximum atomic E-state index is 12.6. The van der Waals surface area contributed by atoms with E-state index in [1.807, 2.05) is 0 Å². The lowest BCUT2D eigenvalue weighted by molar-refractivity contribution is -0.802. The smallest absolute Gasteiger partial charge is 0.323 e. The number of hydroxylamine groups is 2. The second kappa shape index (κ2) is 5.64. The molecule has 0 aromatic heterocycles. The highest BCUT2D eigenvalue weighted by Gasteiger charge is 2.31. The Hall–Kier alpha value is -2.23. The van der Waals surface area contributed by atoms with Gasteiger partial charge in [0.1, 0.15) is 0 Å². The Morgan fingerprint density at radius 2 is 2.19 bits per heavy atom. The number of halogens is 4. The predicted molar refractivity (Wildman–Crippen MR) is 67.2 cm³/mol. The maximum absolute atomic E-state index is 12.6. The Balaban J connectivity index is 2.21. The third-order valence-corrected chi connectivity index (χ3v) is 2.84. The maximum Gasteiger partial charge on any atom is 0.416 e. The first-order chi connectivity index (χ1) is 9.77. The first-order valence-corrected chi connectivity index (χ1v) is 5.93. The van der Waals surface area contributed by atoms with Gasteiger partial charge < -0.3 is 5.32 Å². The van der Waals surface area contributed by atoms with E-state index in [0.29, 0.717) is 0 Å². The molecule has 0 spiro atoms. The van der Waals surface area contributed by atoms with Crippen molar-refractivity contribution in [2.75, 3.05) is 18.4 Å². The Kier molecular flexibility index (Phi) is 4.07. The van der Waals surface area contributed by atoms with Crippen LogP contribution in [0.4, 0.5) is 18.9 Å². The summed E-state index contributed by atoms with van der Waals surface area (Å²) in [6, 6.07) is 2.68. The lowest BCUT2D eigenvalue weighted by atomic mass is 10.2. The van der Waals surface area contributed by atoms with E-state index >= 15 is 0 Å². The van der Waals surface area contributed by atoms with Crippen LogP contribution in [0.15, 0.2) is 23.2 Å². The van der Waals surface area contributed by atoms with Crippen molar-refractivity contribution in [2.24, 2.45) is 4.99 Å². The summed E-state index contributed by atoms with van der Waals surface area (Å²) in [4.78, 5) is 18.4. The molecular formula is C10H8ClF3N4O3. The summed E-state index contributed by atoms with van der Waals surface area (Å²) in [5, 5.41) is 12.6. The molecule has 1 aromatic rings. The van der Waals surface area contributed by atoms with Gasteiger partial charge in [0.25, 0.3) is 0 Å². The molecule has 1 aliphatic rings. The van der Waals surface area contributed by atoms with Crippen LogP contribution in [0.2, 0.25) is 5.02 Å². The van der Waals surface area contributed by atoms with Crippen LogP contribution >= 0.6 is 11.6 Å². The normalized spacial score (nSPS) is 14.9. The molecule has 0 saturated heterocycles. The topological polar surface area (TPSA) is 80.0 Å². The number of aliphatic imine (C=N–C) groups is 1. The highest BCUT2D eigenvalue weighted by Crippen LogP contribution is 2.34. The van der Waals surface area contributed by atoms with E-state index in [1.54, 1.807) is 0 Å². The number of anilines is 1. The van der Waals surface area contributed by atoms with Gasteiger partial charge in [0, 0.05) is 0 Å². The van der Waals surface area contributed by atoms with Gasteiger partial charge in [0.2, 0.25) is 5.96 Å². The predicted octanol–water partition coefficient (Wildman–Crippen LogP) is 2.57. The van der Waals surface area contributed by atoms with Gasteiger partial charge >= 0.3 is 11.3 Å². The number of alkyl halides is 3. The minimum absolute atomic E-state index is 0.0126. The molecule has 0 amide bonds. The Bertz CT molecular complexity index is 593. The second-order valence-electron chi connectivity index (χ2n) is 3.93. The molecule has 1 heterocycles. The summed E-state index contributed by atoms with van der Waals surface area (Å²) in [6.07, 6.45) is -4.53. The van der Waals surface area contributed by atoms with Crippen molar-refractivity contribution in [3.8, 4) is 0 Å². The molecule has 0 atom stereocenters. The minimum atomic E-state index is -4.53. The summed E-state index contributed by atoms with van der Waals surface area (Å²) < 4.78 is 37.9. The van der Waals surface area contributed by atoms with Gasteiger partial charge in [-0.1, -0.05) is 11.6 Å². The van der Waals surface area contributed by atoms with Crippen LogP contribution in [-0.2, 0) is 11.1 Å². The molecule has 1 aromatic carbocycles. The number of hydrogen-bond donors (Lipinski definition) is 1. The van der Waals surface area contributed by atoms with Gasteiger partial charge in [0.05, 0.1) is 29.4 Å². The Morgan fingerprint density at radius 3 is 2.81 bits per heavy atom. The fraction of sp³-hybridized carbons (Fsp3) is 0.300. The molecule has 2 rings (SSSR count). The van der Waals surface area contributed by atoms with Gasteiger partial charge in [0.15, 0.2) is 0 Å². The third-order valence-electron chi connectivity index (χ3n) is 2.51. The van der Waals surface area contributed by atoms with E-state index in [-0.39, 0.29) is 29.8 Å². The van der Waals surface area contributed by atoms with Crippen molar-refractivity contribution < 1.29 is 23.2 Å². The first-order valence-electron chi connectivity index (χ1n) is 5.55. The van der Waals surface area contributed by atoms with Crippen molar-refractivity contribution in [1.29, 1.82) is 0 Å². The molecule has 7 nitrogen and oxygen atoms in total. The van der Waals surface area contributed by atoms with E-state index in [2.05, 4.69) is 15.2 Å². The fourth-order valence-electron chi connectivity index (χ4n) is 1.61. The molecule has 1 aliphatic heterocycles. The highest BCUT2D eigenvalue weighted by atomic mass is 35.5. The van der Waals surface area contributed by atoms with Crippen LogP contribution in [0, 0.1) is 10.1 Å². The Labute approximate surface area is 121 Å². The lowest BCUT2D eigenvalue weighted by Crippen LogP contribution is -2.35. The summed E-state index contributed by atoms with van der Waals surface area (Å²) in [7, 11) is 0. The average molecular weight is 325 g/mol. The van der Waals surface area contributed by atoms with Crippen molar-refractivity contribution in [3.63, 3.8) is 0 Å². The number of rotatable bonds is 3. The molecule has 1 N–H and O–H groups in total. The second-order valence-corrected chi connectivity index (χ2v) is 4.34. The number of guanidine groups is 1. The monoisotopic (exact) mass is 324 g/mol. The third kappa shape index (κ3) is 3.66. The van der Waals surface area contributed by atoms with Crippen LogP contribution < -0.4 is 5.32 Å². The van der Waals surface area contributed by atoms with E-state index in [1.165, 1.54) is 0 Å². The van der Waals surface area contributed by atoms with Gasteiger partial charge in [-0.2, -0.15) is 23.2 Å². The van der Waals surface area contributed by atoms with E-state index in [4.69, 9.17) is 11.6 Å². The van der Waals surface area contributed by atoms with Crippen molar-refractivity contribution in [1.82, 2.24) is 5.06 Å². The molecule has 0 aliphatic carbocycles. The molecule has 21 heavy (non-hydrogen) atoms. The molecule has 0 saturated carbocycles. The zero-order valence-corrected chi connectivity index (χ0v) is 11.0. The largest absolute Gasteiger partial charge is 0.416 e. The SMILES string of the molecule is O=[N+]([O-])ON1CCN=C1Nc1cc(C(F)(F)F)ccc1Cl. The number of hydrogen-bond acceptors (Lipinski definition) is 6. The molecule has 0 fully saturated rings. The van der Waals surface area contributed by atoms with E-state index in [9.17, 15) is 23.3 Å². The zero-order chi connectivity index (χ0) is 15.6. The van der Waals surface area contributed by atoms with E-state index in [0.717, 1.165) is 23.3 Å². The molecular weight excluding hydrogens is 317 g/mol. The molecule has 114 valence electrons. The van der Waals surface area contributed by atoms with Crippen LogP contribution in [0.5, 0.6) is 0 Å². The van der Waals surface area contributed by atoms with Crippen LogP contribution in [0.3, 0.4) is 0 Å². The average Bonchev–Trinajstić information content (AvgIpc) is 2.77.